The van der Waals surface area contributed by atoms with Crippen molar-refractivity contribution in [2.24, 2.45) is 5.92 Å². The van der Waals surface area contributed by atoms with E-state index in [0.29, 0.717) is 6.04 Å². The first-order valence-corrected chi connectivity index (χ1v) is 7.48. The number of rotatable bonds is 7. The van der Waals surface area contributed by atoms with Gasteiger partial charge in [0.15, 0.2) is 0 Å². The lowest BCUT2D eigenvalue weighted by atomic mass is 10.1. The van der Waals surface area contributed by atoms with Crippen molar-refractivity contribution < 1.29 is 0 Å². The molecule has 0 aliphatic carbocycles. The third kappa shape index (κ3) is 4.28. The molecule has 1 aromatic rings. The van der Waals surface area contributed by atoms with E-state index in [9.17, 15) is 0 Å². The van der Waals surface area contributed by atoms with Crippen LogP contribution in [0.25, 0.3) is 0 Å². The summed E-state index contributed by atoms with van der Waals surface area (Å²) in [7, 11) is 0. The topological polar surface area (TPSA) is 46.0 Å². The minimum Gasteiger partial charge on any atom is -0.316 e. The van der Waals surface area contributed by atoms with Gasteiger partial charge >= 0.3 is 0 Å². The Hall–Kier alpha value is -0.940. The Morgan fingerprint density at radius 1 is 1.32 bits per heavy atom. The second kappa shape index (κ2) is 7.01. The average molecular weight is 265 g/mol. The van der Waals surface area contributed by atoms with Crippen LogP contribution in [0.3, 0.4) is 0 Å². The molecule has 0 fully saturated rings. The summed E-state index contributed by atoms with van der Waals surface area (Å²) in [4.78, 5) is 2.52. The molecule has 0 saturated carbocycles. The van der Waals surface area contributed by atoms with Crippen LogP contribution in [0.1, 0.15) is 39.4 Å². The van der Waals surface area contributed by atoms with Crippen molar-refractivity contribution in [3.05, 3.63) is 12.2 Å². The van der Waals surface area contributed by atoms with Gasteiger partial charge in [-0.25, -0.2) is 0 Å². The van der Waals surface area contributed by atoms with Gasteiger partial charge in [-0.3, -0.25) is 4.90 Å². The molecule has 108 valence electrons. The zero-order chi connectivity index (χ0) is 13.7. The molecule has 1 aliphatic rings. The number of aromatic nitrogens is 3. The standard InChI is InChI=1S/C14H27N5/c1-12(2)9-15-6-4-5-13(3)18-7-8-19-11-16-17-14(19)10-18/h11-13,15H,4-10H2,1-3H3. The summed E-state index contributed by atoms with van der Waals surface area (Å²) < 4.78 is 2.16. The molecule has 0 radical (unpaired) electrons. The van der Waals surface area contributed by atoms with Crippen molar-refractivity contribution in [1.29, 1.82) is 0 Å². The van der Waals surface area contributed by atoms with Crippen molar-refractivity contribution in [2.75, 3.05) is 19.6 Å². The molecule has 0 spiro atoms. The largest absolute Gasteiger partial charge is 0.316 e. The smallest absolute Gasteiger partial charge is 0.147 e. The first kappa shape index (κ1) is 14.5. The van der Waals surface area contributed by atoms with Crippen LogP contribution in [0, 0.1) is 5.92 Å². The highest BCUT2D eigenvalue weighted by molar-refractivity contribution is 4.91. The summed E-state index contributed by atoms with van der Waals surface area (Å²) in [6.45, 7) is 12.2. The van der Waals surface area contributed by atoms with Crippen LogP contribution in [0.15, 0.2) is 6.33 Å². The van der Waals surface area contributed by atoms with Gasteiger partial charge in [0.25, 0.3) is 0 Å². The van der Waals surface area contributed by atoms with E-state index in [4.69, 9.17) is 0 Å². The zero-order valence-electron chi connectivity index (χ0n) is 12.5. The average Bonchev–Trinajstić information content (AvgIpc) is 2.84. The van der Waals surface area contributed by atoms with E-state index < -0.39 is 0 Å². The maximum Gasteiger partial charge on any atom is 0.147 e. The molecule has 1 unspecified atom stereocenters. The minimum absolute atomic E-state index is 0.631. The van der Waals surface area contributed by atoms with E-state index in [-0.39, 0.29) is 0 Å². The lowest BCUT2D eigenvalue weighted by molar-refractivity contribution is 0.153. The van der Waals surface area contributed by atoms with Crippen LogP contribution in [0.2, 0.25) is 0 Å². The van der Waals surface area contributed by atoms with E-state index in [1.165, 1.54) is 12.8 Å². The van der Waals surface area contributed by atoms with Gasteiger partial charge < -0.3 is 9.88 Å². The molecule has 2 rings (SSSR count). The van der Waals surface area contributed by atoms with Crippen LogP contribution >= 0.6 is 0 Å². The van der Waals surface area contributed by atoms with Crippen molar-refractivity contribution in [3.63, 3.8) is 0 Å². The quantitative estimate of drug-likeness (QED) is 0.759. The molecular formula is C14H27N5. The Labute approximate surface area is 116 Å². The van der Waals surface area contributed by atoms with Crippen LogP contribution in [0.4, 0.5) is 0 Å². The van der Waals surface area contributed by atoms with Crippen molar-refractivity contribution in [1.82, 2.24) is 25.0 Å². The van der Waals surface area contributed by atoms with Gasteiger partial charge in [-0.05, 0) is 38.8 Å². The van der Waals surface area contributed by atoms with Crippen LogP contribution < -0.4 is 5.32 Å². The van der Waals surface area contributed by atoms with Crippen molar-refractivity contribution >= 4 is 0 Å². The molecule has 0 bridgehead atoms. The first-order chi connectivity index (χ1) is 9.16. The molecule has 0 saturated heterocycles. The first-order valence-electron chi connectivity index (χ1n) is 7.48. The summed E-state index contributed by atoms with van der Waals surface area (Å²) in [5.41, 5.74) is 0. The number of hydrogen-bond acceptors (Lipinski definition) is 4. The monoisotopic (exact) mass is 265 g/mol. The predicted octanol–water partition coefficient (Wildman–Crippen LogP) is 1.51. The fourth-order valence-corrected chi connectivity index (χ4v) is 2.56. The van der Waals surface area contributed by atoms with E-state index in [1.54, 1.807) is 0 Å². The molecule has 19 heavy (non-hydrogen) atoms. The Morgan fingerprint density at radius 3 is 2.95 bits per heavy atom. The fourth-order valence-electron chi connectivity index (χ4n) is 2.56. The van der Waals surface area contributed by atoms with E-state index in [1.807, 2.05) is 6.33 Å². The predicted molar refractivity (Wildman–Crippen MR) is 76.8 cm³/mol. The Bertz CT molecular complexity index is 374. The highest BCUT2D eigenvalue weighted by atomic mass is 15.3. The Balaban J connectivity index is 1.66. The van der Waals surface area contributed by atoms with Gasteiger partial charge in [0.05, 0.1) is 6.54 Å². The SMILES string of the molecule is CC(C)CNCCCC(C)N1CCn2cnnc2C1. The van der Waals surface area contributed by atoms with E-state index >= 15 is 0 Å². The summed E-state index contributed by atoms with van der Waals surface area (Å²) in [5.74, 6) is 1.85. The summed E-state index contributed by atoms with van der Waals surface area (Å²) in [5, 5.41) is 11.7. The van der Waals surface area contributed by atoms with Crippen LogP contribution in [-0.2, 0) is 13.1 Å². The highest BCUT2D eigenvalue weighted by Gasteiger charge is 2.21. The Kier molecular flexibility index (Phi) is 5.34. The fraction of sp³-hybridized carbons (Fsp3) is 0.857. The Morgan fingerprint density at radius 2 is 2.16 bits per heavy atom. The third-order valence-electron chi connectivity index (χ3n) is 3.82. The maximum atomic E-state index is 4.18. The zero-order valence-corrected chi connectivity index (χ0v) is 12.5. The summed E-state index contributed by atoms with van der Waals surface area (Å²) in [6, 6.07) is 0.631. The number of fused-ring (bicyclic) bond motifs is 1. The van der Waals surface area contributed by atoms with E-state index in [0.717, 1.165) is 44.5 Å². The highest BCUT2D eigenvalue weighted by Crippen LogP contribution is 2.14. The van der Waals surface area contributed by atoms with Crippen LogP contribution in [-0.4, -0.2) is 45.3 Å². The number of nitrogens with one attached hydrogen (secondary N) is 1. The second-order valence-corrected chi connectivity index (χ2v) is 6.00. The summed E-state index contributed by atoms with van der Waals surface area (Å²) >= 11 is 0. The third-order valence-corrected chi connectivity index (χ3v) is 3.82. The van der Waals surface area contributed by atoms with Gasteiger partial charge in [-0.1, -0.05) is 13.8 Å². The molecule has 5 nitrogen and oxygen atoms in total. The molecule has 2 heterocycles. The maximum absolute atomic E-state index is 4.18. The van der Waals surface area contributed by atoms with Gasteiger partial charge in [0, 0.05) is 19.1 Å². The van der Waals surface area contributed by atoms with Crippen molar-refractivity contribution in [3.8, 4) is 0 Å². The lowest BCUT2D eigenvalue weighted by Gasteiger charge is -2.32. The minimum atomic E-state index is 0.631. The molecule has 5 heteroatoms. The van der Waals surface area contributed by atoms with Gasteiger partial charge in [0.2, 0.25) is 0 Å². The van der Waals surface area contributed by atoms with Crippen molar-refractivity contribution in [2.45, 2.75) is 52.7 Å². The molecule has 0 aromatic carbocycles. The normalized spacial score (nSPS) is 17.7. The molecule has 0 amide bonds. The number of nitrogens with zero attached hydrogens (tertiary/aromatic N) is 4. The van der Waals surface area contributed by atoms with Gasteiger partial charge in [-0.15, -0.1) is 10.2 Å². The number of hydrogen-bond donors (Lipinski definition) is 1. The van der Waals surface area contributed by atoms with E-state index in [2.05, 4.69) is 45.8 Å². The second-order valence-electron chi connectivity index (χ2n) is 6.00. The molecule has 1 aliphatic heterocycles. The molecule has 1 aromatic heterocycles. The lowest BCUT2D eigenvalue weighted by Crippen LogP contribution is -2.40. The molecular weight excluding hydrogens is 238 g/mol. The molecule has 1 N–H and O–H groups in total. The summed E-state index contributed by atoms with van der Waals surface area (Å²) in [6.07, 6.45) is 4.34. The molecule has 1 atom stereocenters. The van der Waals surface area contributed by atoms with Crippen LogP contribution in [0.5, 0.6) is 0 Å². The van der Waals surface area contributed by atoms with Gasteiger partial charge in [-0.2, -0.15) is 0 Å². The van der Waals surface area contributed by atoms with Gasteiger partial charge in [0.1, 0.15) is 12.2 Å².